The van der Waals surface area contributed by atoms with Crippen LogP contribution in [-0.2, 0) is 6.61 Å². The molecule has 0 saturated carbocycles. The number of aliphatic hydroxyl groups is 2. The molecule has 0 spiro atoms. The van der Waals surface area contributed by atoms with Crippen LogP contribution in [0.3, 0.4) is 0 Å². The molecule has 2 N–H and O–H groups in total. The molecule has 0 bridgehead atoms. The summed E-state index contributed by atoms with van der Waals surface area (Å²) in [6, 6.07) is 4.86. The van der Waals surface area contributed by atoms with Gasteiger partial charge in [0.05, 0.1) is 18.1 Å². The Hall–Kier alpha value is -1.66. The molecule has 0 aromatic heterocycles. The van der Waals surface area contributed by atoms with Crippen LogP contribution in [0.2, 0.25) is 0 Å². The summed E-state index contributed by atoms with van der Waals surface area (Å²) in [6.07, 6.45) is 1.69. The van der Waals surface area contributed by atoms with Crippen molar-refractivity contribution in [3.05, 3.63) is 33.9 Å². The highest BCUT2D eigenvalue weighted by Crippen LogP contribution is 2.31. The second-order valence-electron chi connectivity index (χ2n) is 4.63. The van der Waals surface area contributed by atoms with Crippen LogP contribution in [0.15, 0.2) is 18.2 Å². The van der Waals surface area contributed by atoms with Crippen molar-refractivity contribution in [2.75, 3.05) is 18.1 Å². The first-order chi connectivity index (χ1) is 9.58. The molecule has 0 radical (unpaired) electrons. The summed E-state index contributed by atoms with van der Waals surface area (Å²) in [7, 11) is 0. The smallest absolute Gasteiger partial charge is 0.292 e. The number of hydrogen-bond donors (Lipinski definition) is 2. The highest BCUT2D eigenvalue weighted by atomic mass is 16.6. The Morgan fingerprint density at radius 1 is 1.30 bits per heavy atom. The maximum Gasteiger partial charge on any atom is 0.292 e. The van der Waals surface area contributed by atoms with Crippen molar-refractivity contribution in [1.82, 2.24) is 0 Å². The molecule has 6 heteroatoms. The lowest BCUT2D eigenvalue weighted by Crippen LogP contribution is -2.37. The molecule has 6 nitrogen and oxygen atoms in total. The Morgan fingerprint density at radius 2 is 1.95 bits per heavy atom. The monoisotopic (exact) mass is 282 g/mol. The molecule has 112 valence electrons. The Kier molecular flexibility index (Phi) is 6.41. The molecule has 0 amide bonds. The zero-order valence-electron chi connectivity index (χ0n) is 12.0. The van der Waals surface area contributed by atoms with Gasteiger partial charge >= 0.3 is 0 Å². The Balaban J connectivity index is 3.27. The van der Waals surface area contributed by atoms with E-state index in [0.29, 0.717) is 17.8 Å². The maximum atomic E-state index is 11.2. The summed E-state index contributed by atoms with van der Waals surface area (Å²) >= 11 is 0. The third-order valence-corrected chi connectivity index (χ3v) is 3.45. The Bertz CT molecular complexity index is 447. The number of aliphatic hydroxyl groups excluding tert-OH is 2. The van der Waals surface area contributed by atoms with Gasteiger partial charge in [-0.05, 0) is 24.5 Å². The zero-order valence-corrected chi connectivity index (χ0v) is 12.0. The van der Waals surface area contributed by atoms with Crippen molar-refractivity contribution in [1.29, 1.82) is 0 Å². The molecular formula is C14H22N2O4. The number of nitro benzene ring substituents is 1. The van der Waals surface area contributed by atoms with Gasteiger partial charge in [-0.1, -0.05) is 19.9 Å². The highest BCUT2D eigenvalue weighted by Gasteiger charge is 2.24. The van der Waals surface area contributed by atoms with E-state index in [-0.39, 0.29) is 24.9 Å². The molecule has 0 heterocycles. The fourth-order valence-electron chi connectivity index (χ4n) is 2.39. The zero-order chi connectivity index (χ0) is 15.1. The molecule has 0 fully saturated rings. The number of anilines is 1. The third-order valence-electron chi connectivity index (χ3n) is 3.45. The van der Waals surface area contributed by atoms with Crippen LogP contribution in [-0.4, -0.2) is 34.3 Å². The fraction of sp³-hybridized carbons (Fsp3) is 0.571. The predicted molar refractivity (Wildman–Crippen MR) is 77.8 cm³/mol. The van der Waals surface area contributed by atoms with Crippen LogP contribution in [0.25, 0.3) is 0 Å². The maximum absolute atomic E-state index is 11.2. The van der Waals surface area contributed by atoms with E-state index in [1.807, 2.05) is 18.7 Å². The van der Waals surface area contributed by atoms with Gasteiger partial charge in [0.25, 0.3) is 5.69 Å². The van der Waals surface area contributed by atoms with E-state index in [1.165, 1.54) is 6.07 Å². The predicted octanol–water partition coefficient (Wildman–Crippen LogP) is 2.07. The summed E-state index contributed by atoms with van der Waals surface area (Å²) in [5.41, 5.74) is 0.973. The number of hydrogen-bond acceptors (Lipinski definition) is 5. The van der Waals surface area contributed by atoms with E-state index < -0.39 is 4.92 Å². The van der Waals surface area contributed by atoms with E-state index in [4.69, 9.17) is 5.11 Å². The summed E-state index contributed by atoms with van der Waals surface area (Å²) in [4.78, 5) is 12.7. The SMILES string of the molecule is CCC(CC)N(CCO)c1ccc(CO)cc1[N+](=O)[O-]. The minimum Gasteiger partial charge on any atom is -0.395 e. The quantitative estimate of drug-likeness (QED) is 0.563. The molecule has 0 aliphatic heterocycles. The average Bonchev–Trinajstić information content (AvgIpc) is 2.46. The second kappa shape index (κ2) is 7.81. The van der Waals surface area contributed by atoms with Crippen molar-refractivity contribution in [2.24, 2.45) is 0 Å². The number of nitro groups is 1. The van der Waals surface area contributed by atoms with Crippen molar-refractivity contribution < 1.29 is 15.1 Å². The van der Waals surface area contributed by atoms with Gasteiger partial charge in [-0.25, -0.2) is 0 Å². The van der Waals surface area contributed by atoms with Crippen molar-refractivity contribution >= 4 is 11.4 Å². The van der Waals surface area contributed by atoms with Crippen LogP contribution in [0.5, 0.6) is 0 Å². The van der Waals surface area contributed by atoms with Crippen LogP contribution >= 0.6 is 0 Å². The lowest BCUT2D eigenvalue weighted by Gasteiger charge is -2.31. The van der Waals surface area contributed by atoms with Gasteiger partial charge in [-0.3, -0.25) is 10.1 Å². The second-order valence-corrected chi connectivity index (χ2v) is 4.63. The van der Waals surface area contributed by atoms with Crippen LogP contribution in [0.4, 0.5) is 11.4 Å². The highest BCUT2D eigenvalue weighted by molar-refractivity contribution is 5.65. The number of benzene rings is 1. The summed E-state index contributed by atoms with van der Waals surface area (Å²) in [5.74, 6) is 0. The van der Waals surface area contributed by atoms with Crippen LogP contribution in [0, 0.1) is 10.1 Å². The van der Waals surface area contributed by atoms with E-state index in [2.05, 4.69) is 0 Å². The minimum absolute atomic E-state index is 0.0306. The summed E-state index contributed by atoms with van der Waals surface area (Å²) in [5, 5.41) is 29.6. The van der Waals surface area contributed by atoms with E-state index in [0.717, 1.165) is 12.8 Å². The molecule has 0 aliphatic rings. The first kappa shape index (κ1) is 16.4. The van der Waals surface area contributed by atoms with E-state index >= 15 is 0 Å². The van der Waals surface area contributed by atoms with Gasteiger partial charge in [0, 0.05) is 18.7 Å². The molecule has 20 heavy (non-hydrogen) atoms. The largest absolute Gasteiger partial charge is 0.395 e. The molecule has 0 saturated heterocycles. The lowest BCUT2D eigenvalue weighted by atomic mass is 10.1. The van der Waals surface area contributed by atoms with Gasteiger partial charge in [-0.15, -0.1) is 0 Å². The molecule has 0 unspecified atom stereocenters. The molecule has 0 atom stereocenters. The first-order valence-electron chi connectivity index (χ1n) is 6.84. The van der Waals surface area contributed by atoms with Gasteiger partial charge in [0.15, 0.2) is 0 Å². The summed E-state index contributed by atoms with van der Waals surface area (Å²) in [6.45, 7) is 4.10. The lowest BCUT2D eigenvalue weighted by molar-refractivity contribution is -0.384. The molecule has 1 rings (SSSR count). The third kappa shape index (κ3) is 3.68. The average molecular weight is 282 g/mol. The van der Waals surface area contributed by atoms with Gasteiger partial charge in [0.1, 0.15) is 5.69 Å². The Morgan fingerprint density at radius 3 is 2.40 bits per heavy atom. The topological polar surface area (TPSA) is 86.8 Å². The van der Waals surface area contributed by atoms with Crippen molar-refractivity contribution in [2.45, 2.75) is 39.3 Å². The Labute approximate surface area is 118 Å². The van der Waals surface area contributed by atoms with Gasteiger partial charge in [-0.2, -0.15) is 0 Å². The normalized spacial score (nSPS) is 10.8. The fourth-order valence-corrected chi connectivity index (χ4v) is 2.39. The molecule has 1 aromatic carbocycles. The van der Waals surface area contributed by atoms with Gasteiger partial charge in [0.2, 0.25) is 0 Å². The standard InChI is InChI=1S/C14H22N2O4/c1-3-12(4-2)15(7-8-17)13-6-5-11(10-18)9-14(13)16(19)20/h5-6,9,12,17-18H,3-4,7-8,10H2,1-2H3. The molecule has 1 aromatic rings. The van der Waals surface area contributed by atoms with Gasteiger partial charge < -0.3 is 15.1 Å². The number of nitrogens with zero attached hydrogens (tertiary/aromatic N) is 2. The minimum atomic E-state index is -0.443. The summed E-state index contributed by atoms with van der Waals surface area (Å²) < 4.78 is 0. The van der Waals surface area contributed by atoms with E-state index in [1.54, 1.807) is 12.1 Å². The molecule has 0 aliphatic carbocycles. The van der Waals surface area contributed by atoms with Crippen LogP contribution in [0.1, 0.15) is 32.3 Å². The first-order valence-corrected chi connectivity index (χ1v) is 6.84. The van der Waals surface area contributed by atoms with Crippen molar-refractivity contribution in [3.63, 3.8) is 0 Å². The van der Waals surface area contributed by atoms with E-state index in [9.17, 15) is 15.2 Å². The molecular weight excluding hydrogens is 260 g/mol. The number of rotatable bonds is 8. The van der Waals surface area contributed by atoms with Crippen LogP contribution < -0.4 is 4.90 Å². The van der Waals surface area contributed by atoms with Crippen molar-refractivity contribution in [3.8, 4) is 0 Å².